The second-order valence-electron chi connectivity index (χ2n) is 10.2. The summed E-state index contributed by atoms with van der Waals surface area (Å²) >= 11 is 0. The highest BCUT2D eigenvalue weighted by atomic mass is 19.1. The Bertz CT molecular complexity index is 1170. The number of hydrogen-bond donors (Lipinski definition) is 0. The van der Waals surface area contributed by atoms with Crippen molar-refractivity contribution in [2.24, 2.45) is 0 Å². The summed E-state index contributed by atoms with van der Waals surface area (Å²) in [5.41, 5.74) is 1.29. The van der Waals surface area contributed by atoms with Gasteiger partial charge in [0.1, 0.15) is 23.8 Å². The lowest BCUT2D eigenvalue weighted by atomic mass is 9.88. The third-order valence-electron chi connectivity index (χ3n) is 6.53. The predicted octanol–water partition coefficient (Wildman–Crippen LogP) is 6.47. The molecule has 0 bridgehead atoms. The number of nitrogens with zero attached hydrogens (tertiary/aromatic N) is 2. The number of allylic oxidation sites excluding steroid dienone is 1. The van der Waals surface area contributed by atoms with E-state index in [1.807, 2.05) is 30.3 Å². The second-order valence-corrected chi connectivity index (χ2v) is 10.2. The molecule has 0 spiro atoms. The Morgan fingerprint density at radius 1 is 1.14 bits per heavy atom. The maximum atomic E-state index is 15.5. The summed E-state index contributed by atoms with van der Waals surface area (Å²) in [6.07, 6.45) is 2.49. The second kappa shape index (κ2) is 10.3. The minimum Gasteiger partial charge on any atom is -0.444 e. The first-order chi connectivity index (χ1) is 17.0. The molecular formula is C28H32F2N2O4. The van der Waals surface area contributed by atoms with Crippen LogP contribution >= 0.6 is 0 Å². The summed E-state index contributed by atoms with van der Waals surface area (Å²) < 4.78 is 41.5. The van der Waals surface area contributed by atoms with Crippen LogP contribution in [0.25, 0.3) is 5.57 Å². The van der Waals surface area contributed by atoms with E-state index in [9.17, 15) is 9.59 Å². The first kappa shape index (κ1) is 25.7. The molecule has 0 radical (unpaired) electrons. The average Bonchev–Trinajstić information content (AvgIpc) is 3.26. The molecule has 0 saturated carbocycles. The molecule has 1 heterocycles. The van der Waals surface area contributed by atoms with Crippen molar-refractivity contribution >= 4 is 23.4 Å². The Morgan fingerprint density at radius 2 is 1.86 bits per heavy atom. The van der Waals surface area contributed by atoms with Crippen LogP contribution in [-0.2, 0) is 22.5 Å². The van der Waals surface area contributed by atoms with Gasteiger partial charge in [0.05, 0.1) is 5.69 Å². The molecule has 6 nitrogen and oxygen atoms in total. The van der Waals surface area contributed by atoms with Gasteiger partial charge in [0.15, 0.2) is 0 Å². The minimum absolute atomic E-state index is 0.0494. The Labute approximate surface area is 210 Å². The number of halogens is 2. The van der Waals surface area contributed by atoms with Crippen LogP contribution in [0, 0.1) is 11.6 Å². The molecule has 2 amide bonds. The molecule has 0 N–H and O–H groups in total. The molecule has 2 aromatic rings. The summed E-state index contributed by atoms with van der Waals surface area (Å²) in [5, 5.41) is 0. The number of amides is 2. The summed E-state index contributed by atoms with van der Waals surface area (Å²) in [5.74, 6) is -1.34. The van der Waals surface area contributed by atoms with Crippen LogP contribution in [0.3, 0.4) is 0 Å². The largest absolute Gasteiger partial charge is 0.444 e. The van der Waals surface area contributed by atoms with Gasteiger partial charge in [-0.05, 0) is 63.7 Å². The van der Waals surface area contributed by atoms with Gasteiger partial charge in [0.2, 0.25) is 0 Å². The smallest absolute Gasteiger partial charge is 0.414 e. The Balaban J connectivity index is 1.47. The summed E-state index contributed by atoms with van der Waals surface area (Å²) in [7, 11) is 1.68. The van der Waals surface area contributed by atoms with Crippen LogP contribution in [-0.4, -0.2) is 42.3 Å². The van der Waals surface area contributed by atoms with Gasteiger partial charge in [0, 0.05) is 30.8 Å². The zero-order valence-corrected chi connectivity index (χ0v) is 21.1. The number of anilines is 1. The molecule has 0 saturated heterocycles. The normalized spacial score (nSPS) is 17.3. The molecule has 1 unspecified atom stereocenters. The van der Waals surface area contributed by atoms with Crippen LogP contribution in [0.1, 0.15) is 56.7 Å². The third-order valence-corrected chi connectivity index (χ3v) is 6.53. The molecule has 8 heteroatoms. The van der Waals surface area contributed by atoms with Crippen LogP contribution in [0.2, 0.25) is 0 Å². The molecule has 0 fully saturated rings. The Hall–Kier alpha value is -3.42. The van der Waals surface area contributed by atoms with Gasteiger partial charge in [-0.15, -0.1) is 0 Å². The van der Waals surface area contributed by atoms with Gasteiger partial charge in [0.25, 0.3) is 0 Å². The molecule has 4 rings (SSSR count). The van der Waals surface area contributed by atoms with Gasteiger partial charge >= 0.3 is 12.2 Å². The lowest BCUT2D eigenvalue weighted by Gasteiger charge is -2.32. The zero-order valence-electron chi connectivity index (χ0n) is 21.1. The molecule has 2 aliphatic rings. The van der Waals surface area contributed by atoms with Gasteiger partial charge in [-0.1, -0.05) is 36.4 Å². The SMILES string of the molecule is CN(C(=O)OC(C)(C)C)C1CC=C(c2c(F)cc3c(c2F)CCN3C(=O)OCc2ccccc2)CC1. The highest BCUT2D eigenvalue weighted by molar-refractivity contribution is 5.91. The van der Waals surface area contributed by atoms with E-state index >= 15 is 8.78 Å². The van der Waals surface area contributed by atoms with E-state index in [0.29, 0.717) is 30.4 Å². The number of fused-ring (bicyclic) bond motifs is 1. The molecule has 1 aliphatic carbocycles. The number of benzene rings is 2. The number of ether oxygens (including phenoxy) is 2. The van der Waals surface area contributed by atoms with Crippen LogP contribution in [0.5, 0.6) is 0 Å². The fourth-order valence-electron chi connectivity index (χ4n) is 4.63. The topological polar surface area (TPSA) is 59.1 Å². The Kier molecular flexibility index (Phi) is 7.33. The van der Waals surface area contributed by atoms with E-state index in [0.717, 1.165) is 5.56 Å². The molecule has 1 aliphatic heterocycles. The highest BCUT2D eigenvalue weighted by Gasteiger charge is 2.33. The van der Waals surface area contributed by atoms with E-state index in [2.05, 4.69) is 0 Å². The van der Waals surface area contributed by atoms with Gasteiger partial charge in [-0.25, -0.2) is 18.4 Å². The molecular weight excluding hydrogens is 466 g/mol. The van der Waals surface area contributed by atoms with Crippen molar-refractivity contribution in [3.63, 3.8) is 0 Å². The van der Waals surface area contributed by atoms with Crippen molar-refractivity contribution in [1.82, 2.24) is 4.90 Å². The van der Waals surface area contributed by atoms with Crippen molar-refractivity contribution in [3.8, 4) is 0 Å². The summed E-state index contributed by atoms with van der Waals surface area (Å²) in [6.45, 7) is 5.73. The first-order valence-corrected chi connectivity index (χ1v) is 12.2. The van der Waals surface area contributed by atoms with E-state index < -0.39 is 29.4 Å². The molecule has 192 valence electrons. The van der Waals surface area contributed by atoms with Crippen molar-refractivity contribution in [2.45, 2.75) is 64.7 Å². The molecule has 2 aromatic carbocycles. The van der Waals surface area contributed by atoms with Crippen molar-refractivity contribution < 1.29 is 27.8 Å². The van der Waals surface area contributed by atoms with Gasteiger partial charge in [-0.3, -0.25) is 4.90 Å². The van der Waals surface area contributed by atoms with Crippen LogP contribution < -0.4 is 4.90 Å². The van der Waals surface area contributed by atoms with E-state index in [4.69, 9.17) is 9.47 Å². The van der Waals surface area contributed by atoms with E-state index in [1.165, 1.54) is 11.0 Å². The maximum Gasteiger partial charge on any atom is 0.414 e. The highest BCUT2D eigenvalue weighted by Crippen LogP contribution is 2.39. The minimum atomic E-state index is -0.709. The van der Waals surface area contributed by atoms with Crippen molar-refractivity contribution in [1.29, 1.82) is 0 Å². The maximum absolute atomic E-state index is 15.5. The summed E-state index contributed by atoms with van der Waals surface area (Å²) in [6, 6.07) is 10.3. The summed E-state index contributed by atoms with van der Waals surface area (Å²) in [4.78, 5) is 27.9. The standard InChI is InChI=1S/C28H32F2N2O4/c1-28(2,3)36-26(33)31(4)20-12-10-19(11-13-20)24-22(29)16-23-21(25(24)30)14-15-32(23)27(34)35-17-18-8-6-5-7-9-18/h5-10,16,20H,11-15,17H2,1-4H3. The lowest BCUT2D eigenvalue weighted by molar-refractivity contribution is 0.0215. The number of carbonyl (C=O) groups is 2. The fourth-order valence-corrected chi connectivity index (χ4v) is 4.63. The van der Waals surface area contributed by atoms with Gasteiger partial charge in [-0.2, -0.15) is 0 Å². The fraction of sp³-hybridized carbons (Fsp3) is 0.429. The van der Waals surface area contributed by atoms with Crippen molar-refractivity contribution in [3.05, 3.63) is 70.8 Å². The lowest BCUT2D eigenvalue weighted by Crippen LogP contribution is -2.41. The number of rotatable bonds is 4. The first-order valence-electron chi connectivity index (χ1n) is 12.2. The third kappa shape index (κ3) is 5.53. The predicted molar refractivity (Wildman–Crippen MR) is 134 cm³/mol. The van der Waals surface area contributed by atoms with Crippen LogP contribution in [0.4, 0.5) is 24.1 Å². The zero-order chi connectivity index (χ0) is 26.0. The average molecular weight is 499 g/mol. The van der Waals surface area contributed by atoms with E-state index in [1.54, 1.807) is 38.8 Å². The number of hydrogen-bond acceptors (Lipinski definition) is 4. The monoisotopic (exact) mass is 498 g/mol. The Morgan fingerprint density at radius 3 is 2.50 bits per heavy atom. The molecule has 1 atom stereocenters. The molecule has 0 aromatic heterocycles. The number of carbonyl (C=O) groups excluding carboxylic acids is 2. The van der Waals surface area contributed by atoms with Gasteiger partial charge < -0.3 is 14.4 Å². The quantitative estimate of drug-likeness (QED) is 0.485. The van der Waals surface area contributed by atoms with E-state index in [-0.39, 0.29) is 36.9 Å². The van der Waals surface area contributed by atoms with Crippen LogP contribution in [0.15, 0.2) is 42.5 Å². The molecule has 36 heavy (non-hydrogen) atoms. The van der Waals surface area contributed by atoms with Crippen molar-refractivity contribution in [2.75, 3.05) is 18.5 Å².